The molecular formula is C26H23N5O2. The third kappa shape index (κ3) is 4.48. The number of carbonyl (C=O) groups is 1. The van der Waals surface area contributed by atoms with E-state index in [0.717, 1.165) is 33.7 Å². The number of aromatic nitrogens is 2. The third-order valence-electron chi connectivity index (χ3n) is 5.62. The van der Waals surface area contributed by atoms with Gasteiger partial charge in [-0.05, 0) is 72.1 Å². The molecule has 3 aromatic carbocycles. The van der Waals surface area contributed by atoms with Crippen molar-refractivity contribution in [2.45, 2.75) is 20.1 Å². The van der Waals surface area contributed by atoms with Gasteiger partial charge in [0.25, 0.3) is 5.91 Å². The zero-order chi connectivity index (χ0) is 22.8. The minimum absolute atomic E-state index is 0.193. The van der Waals surface area contributed by atoms with Crippen molar-refractivity contribution in [1.29, 1.82) is 0 Å². The van der Waals surface area contributed by atoms with Crippen LogP contribution in [0.3, 0.4) is 0 Å². The van der Waals surface area contributed by atoms with Crippen molar-refractivity contribution in [3.8, 4) is 17.0 Å². The van der Waals surface area contributed by atoms with Crippen molar-refractivity contribution in [1.82, 2.24) is 15.3 Å². The quantitative estimate of drug-likeness (QED) is 0.348. The number of ether oxygens (including phenoxy) is 1. The van der Waals surface area contributed by atoms with Crippen LogP contribution in [0, 0.1) is 6.92 Å². The van der Waals surface area contributed by atoms with E-state index in [1.807, 2.05) is 48.5 Å². The molecule has 4 aromatic rings. The summed E-state index contributed by atoms with van der Waals surface area (Å²) in [4.78, 5) is 21.6. The molecule has 0 saturated carbocycles. The number of hydrogen-bond acceptors (Lipinski definition) is 6. The van der Waals surface area contributed by atoms with Crippen LogP contribution in [0.25, 0.3) is 11.3 Å². The van der Waals surface area contributed by atoms with E-state index in [1.54, 1.807) is 24.4 Å². The Hall–Kier alpha value is -4.39. The predicted molar refractivity (Wildman–Crippen MR) is 128 cm³/mol. The maximum absolute atomic E-state index is 12.6. The van der Waals surface area contributed by atoms with E-state index in [-0.39, 0.29) is 5.91 Å². The molecule has 164 valence electrons. The number of nitrogens with zero attached hydrogens (tertiary/aromatic N) is 2. The molecule has 4 heterocycles. The Bertz CT molecular complexity index is 1340. The molecule has 4 N–H and O–H groups in total. The van der Waals surface area contributed by atoms with Gasteiger partial charge in [0, 0.05) is 35.2 Å². The van der Waals surface area contributed by atoms with Crippen molar-refractivity contribution in [2.75, 3.05) is 11.1 Å². The second kappa shape index (κ2) is 8.63. The largest absolute Gasteiger partial charge is 0.489 e. The number of carbonyl (C=O) groups excluding carboxylic acids is 1. The zero-order valence-electron chi connectivity index (χ0n) is 18.1. The first-order chi connectivity index (χ1) is 16.0. The number of hydrogen-bond donors (Lipinski definition) is 3. The number of nitrogens with two attached hydrogens (primary N) is 1. The summed E-state index contributed by atoms with van der Waals surface area (Å²) in [5.74, 6) is 1.02. The van der Waals surface area contributed by atoms with Crippen LogP contribution in [0.1, 0.15) is 27.0 Å². The van der Waals surface area contributed by atoms with Crippen LogP contribution in [0.4, 0.5) is 17.3 Å². The summed E-state index contributed by atoms with van der Waals surface area (Å²) < 4.78 is 5.99. The highest BCUT2D eigenvalue weighted by Crippen LogP contribution is 2.27. The summed E-state index contributed by atoms with van der Waals surface area (Å²) in [6.07, 6.45) is 1.68. The Morgan fingerprint density at radius 3 is 2.67 bits per heavy atom. The van der Waals surface area contributed by atoms with E-state index in [0.29, 0.717) is 36.0 Å². The second-order valence-electron chi connectivity index (χ2n) is 7.95. The summed E-state index contributed by atoms with van der Waals surface area (Å²) in [6.45, 7) is 2.89. The van der Waals surface area contributed by atoms with Gasteiger partial charge < -0.3 is 21.1 Å². The van der Waals surface area contributed by atoms with Gasteiger partial charge in [0.05, 0.1) is 5.69 Å². The van der Waals surface area contributed by atoms with Crippen LogP contribution in [0.15, 0.2) is 72.9 Å². The topological polar surface area (TPSA) is 102 Å². The molecule has 0 saturated heterocycles. The molecule has 0 atom stereocenters. The first kappa shape index (κ1) is 20.5. The third-order valence-corrected chi connectivity index (χ3v) is 5.62. The lowest BCUT2D eigenvalue weighted by atomic mass is 10.1. The first-order valence-corrected chi connectivity index (χ1v) is 10.6. The molecule has 0 fully saturated rings. The molecule has 3 aliphatic heterocycles. The highest BCUT2D eigenvalue weighted by Gasteiger charge is 2.12. The molecular weight excluding hydrogens is 414 g/mol. The molecule has 7 nitrogen and oxygen atoms in total. The molecule has 7 heteroatoms. The first-order valence-electron chi connectivity index (χ1n) is 10.6. The van der Waals surface area contributed by atoms with Gasteiger partial charge in [-0.3, -0.25) is 4.79 Å². The van der Waals surface area contributed by atoms with Crippen LogP contribution in [-0.4, -0.2) is 15.9 Å². The Morgan fingerprint density at radius 1 is 1.00 bits per heavy atom. The molecule has 0 unspecified atom stereocenters. The van der Waals surface area contributed by atoms with Crippen molar-refractivity contribution in [3.05, 3.63) is 95.2 Å². The molecule has 33 heavy (non-hydrogen) atoms. The van der Waals surface area contributed by atoms with Crippen LogP contribution < -0.4 is 21.1 Å². The van der Waals surface area contributed by atoms with Crippen LogP contribution >= 0.6 is 0 Å². The maximum Gasteiger partial charge on any atom is 0.251 e. The number of amides is 1. The van der Waals surface area contributed by atoms with Crippen molar-refractivity contribution in [2.24, 2.45) is 0 Å². The summed E-state index contributed by atoms with van der Waals surface area (Å²) in [5.41, 5.74) is 12.7. The molecule has 0 spiro atoms. The molecule has 8 bridgehead atoms. The van der Waals surface area contributed by atoms with Gasteiger partial charge in [0.2, 0.25) is 5.95 Å². The normalized spacial score (nSPS) is 13.1. The molecule has 3 aliphatic rings. The fourth-order valence-electron chi connectivity index (χ4n) is 3.69. The summed E-state index contributed by atoms with van der Waals surface area (Å²) in [6, 6.07) is 20.8. The summed E-state index contributed by atoms with van der Waals surface area (Å²) >= 11 is 0. The number of fused-ring (bicyclic) bond motifs is 2. The molecule has 0 aliphatic carbocycles. The van der Waals surface area contributed by atoms with E-state index in [4.69, 9.17) is 10.5 Å². The molecule has 7 rings (SSSR count). The Labute approximate surface area is 191 Å². The van der Waals surface area contributed by atoms with E-state index in [2.05, 4.69) is 27.5 Å². The minimum Gasteiger partial charge on any atom is -0.489 e. The number of nitrogens with one attached hydrogen (secondary N) is 2. The van der Waals surface area contributed by atoms with Gasteiger partial charge in [0.15, 0.2) is 0 Å². The lowest BCUT2D eigenvalue weighted by Crippen LogP contribution is -2.22. The second-order valence-corrected chi connectivity index (χ2v) is 7.95. The number of benzene rings is 3. The number of rotatable bonds is 0. The Kier molecular flexibility index (Phi) is 5.36. The predicted octanol–water partition coefficient (Wildman–Crippen LogP) is 4.60. The summed E-state index contributed by atoms with van der Waals surface area (Å²) in [5, 5.41) is 6.20. The highest BCUT2D eigenvalue weighted by atomic mass is 16.5. The Morgan fingerprint density at radius 2 is 1.85 bits per heavy atom. The van der Waals surface area contributed by atoms with Crippen molar-refractivity contribution < 1.29 is 9.53 Å². The number of aryl methyl sites for hydroxylation is 1. The van der Waals surface area contributed by atoms with E-state index in [9.17, 15) is 4.79 Å². The van der Waals surface area contributed by atoms with Crippen LogP contribution in [0.2, 0.25) is 0 Å². The minimum atomic E-state index is -0.193. The van der Waals surface area contributed by atoms with Gasteiger partial charge >= 0.3 is 0 Å². The van der Waals surface area contributed by atoms with Crippen molar-refractivity contribution >= 4 is 23.2 Å². The monoisotopic (exact) mass is 437 g/mol. The lowest BCUT2D eigenvalue weighted by Gasteiger charge is -2.14. The van der Waals surface area contributed by atoms with Crippen LogP contribution in [0.5, 0.6) is 5.75 Å². The fourth-order valence-corrected chi connectivity index (χ4v) is 3.69. The fraction of sp³-hybridized carbons (Fsp3) is 0.115. The maximum atomic E-state index is 12.6. The van der Waals surface area contributed by atoms with E-state index < -0.39 is 0 Å². The van der Waals surface area contributed by atoms with E-state index in [1.165, 1.54) is 0 Å². The van der Waals surface area contributed by atoms with Crippen molar-refractivity contribution in [3.63, 3.8) is 0 Å². The SMILES string of the molecule is Cc1ccc2cc1COc1ccc(cc1)CNC(=O)c1ccc(c(N)c1)-c1ccnc(n1)N2. The molecule has 1 aromatic heterocycles. The smallest absolute Gasteiger partial charge is 0.251 e. The number of nitrogen functional groups attached to an aromatic ring is 1. The van der Waals surface area contributed by atoms with Gasteiger partial charge in [-0.1, -0.05) is 18.2 Å². The highest BCUT2D eigenvalue weighted by molar-refractivity contribution is 5.96. The molecule has 1 amide bonds. The average Bonchev–Trinajstić information content (AvgIpc) is 2.83. The van der Waals surface area contributed by atoms with Gasteiger partial charge in [-0.2, -0.15) is 0 Å². The standard InChI is InChI=1S/C26H23N5O2/c1-16-2-6-20-12-19(16)15-33-21-7-3-17(4-8-21)14-29-25(32)18-5-9-22(23(27)13-18)24-10-11-28-26(30-20)31-24/h2-13H,14-15,27H2,1H3,(H,29,32)(H,28,30,31). The summed E-state index contributed by atoms with van der Waals surface area (Å²) in [7, 11) is 0. The Balaban J connectivity index is 1.55. The lowest BCUT2D eigenvalue weighted by molar-refractivity contribution is 0.0951. The van der Waals surface area contributed by atoms with Crippen LogP contribution in [-0.2, 0) is 13.2 Å². The molecule has 0 radical (unpaired) electrons. The zero-order valence-corrected chi connectivity index (χ0v) is 18.1. The number of anilines is 3. The van der Waals surface area contributed by atoms with E-state index >= 15 is 0 Å². The van der Waals surface area contributed by atoms with Gasteiger partial charge in [-0.15, -0.1) is 0 Å². The van der Waals surface area contributed by atoms with Gasteiger partial charge in [0.1, 0.15) is 12.4 Å². The van der Waals surface area contributed by atoms with Gasteiger partial charge in [-0.25, -0.2) is 9.97 Å². The average molecular weight is 438 g/mol.